The summed E-state index contributed by atoms with van der Waals surface area (Å²) in [5.41, 5.74) is 1.04. The lowest BCUT2D eigenvalue weighted by Crippen LogP contribution is -2.13. The number of hydrogen-bond donors (Lipinski definition) is 1. The van der Waals surface area contributed by atoms with Crippen molar-refractivity contribution in [2.24, 2.45) is 0 Å². The Morgan fingerprint density at radius 2 is 2.38 bits per heavy atom. The van der Waals surface area contributed by atoms with Gasteiger partial charge >= 0.3 is 0 Å². The highest BCUT2D eigenvalue weighted by Gasteiger charge is 2.02. The fourth-order valence-electron chi connectivity index (χ4n) is 1.06. The van der Waals surface area contributed by atoms with E-state index in [1.54, 1.807) is 6.07 Å². The second kappa shape index (κ2) is 6.69. The number of rotatable bonds is 6. The van der Waals surface area contributed by atoms with Gasteiger partial charge in [-0.25, -0.2) is 8.78 Å². The molecule has 0 fully saturated rings. The molecule has 1 N–H and O–H groups in total. The summed E-state index contributed by atoms with van der Waals surface area (Å²) in [7, 11) is 0. The topological polar surface area (TPSA) is 57.9 Å². The van der Waals surface area contributed by atoms with Crippen LogP contribution in [0.5, 0.6) is 0 Å². The Labute approximate surface area is 91.9 Å². The molecule has 1 aromatic rings. The minimum atomic E-state index is -2.45. The summed E-state index contributed by atoms with van der Waals surface area (Å²) >= 11 is 0. The Morgan fingerprint density at radius 1 is 1.56 bits per heavy atom. The summed E-state index contributed by atoms with van der Waals surface area (Å²) < 4.78 is 28.1. The third-order valence-corrected chi connectivity index (χ3v) is 1.75. The Morgan fingerprint density at radius 3 is 3.06 bits per heavy atom. The summed E-state index contributed by atoms with van der Waals surface area (Å²) in [5.74, 6) is 0. The van der Waals surface area contributed by atoms with Crippen molar-refractivity contribution in [3.63, 3.8) is 0 Å². The number of anilines is 1. The van der Waals surface area contributed by atoms with Gasteiger partial charge in [-0.1, -0.05) is 0 Å². The van der Waals surface area contributed by atoms with E-state index < -0.39 is 13.0 Å². The van der Waals surface area contributed by atoms with Crippen molar-refractivity contribution >= 4 is 5.69 Å². The molecule has 0 aliphatic carbocycles. The maximum absolute atomic E-state index is 11.7. The summed E-state index contributed by atoms with van der Waals surface area (Å²) in [4.78, 5) is 3.85. The van der Waals surface area contributed by atoms with Crippen LogP contribution in [0.4, 0.5) is 14.5 Å². The predicted molar refractivity (Wildman–Crippen MR) is 54.3 cm³/mol. The number of nitrogens with one attached hydrogen (secondary N) is 1. The van der Waals surface area contributed by atoms with E-state index >= 15 is 0 Å². The molecule has 0 unspecified atom stereocenters. The number of aromatic nitrogens is 1. The van der Waals surface area contributed by atoms with Gasteiger partial charge in [-0.2, -0.15) is 5.26 Å². The standard InChI is InChI=1S/C10H11F2N3O/c11-10(12)7-16-4-3-15-9-6-14-2-1-8(9)5-13/h1-2,6,10,15H,3-4,7H2. The van der Waals surface area contributed by atoms with Crippen molar-refractivity contribution in [2.45, 2.75) is 6.43 Å². The number of alkyl halides is 2. The first-order valence-electron chi connectivity index (χ1n) is 4.68. The smallest absolute Gasteiger partial charge is 0.261 e. The molecular formula is C10H11F2N3O. The van der Waals surface area contributed by atoms with E-state index in [2.05, 4.69) is 15.0 Å². The van der Waals surface area contributed by atoms with E-state index in [0.717, 1.165) is 0 Å². The van der Waals surface area contributed by atoms with Gasteiger partial charge in [-0.3, -0.25) is 4.98 Å². The van der Waals surface area contributed by atoms with Gasteiger partial charge in [0.15, 0.2) is 0 Å². The Kier molecular flexibility index (Phi) is 5.16. The number of ether oxygens (including phenoxy) is 1. The number of hydrogen-bond acceptors (Lipinski definition) is 4. The quantitative estimate of drug-likeness (QED) is 0.750. The first-order chi connectivity index (χ1) is 7.74. The molecule has 0 aliphatic heterocycles. The first-order valence-corrected chi connectivity index (χ1v) is 4.68. The van der Waals surface area contributed by atoms with E-state index in [4.69, 9.17) is 5.26 Å². The highest BCUT2D eigenvalue weighted by Crippen LogP contribution is 2.10. The summed E-state index contributed by atoms with van der Waals surface area (Å²) in [6, 6.07) is 3.56. The lowest BCUT2D eigenvalue weighted by Gasteiger charge is -2.07. The minimum Gasteiger partial charge on any atom is -0.380 e. The van der Waals surface area contributed by atoms with E-state index in [1.165, 1.54) is 12.4 Å². The molecule has 16 heavy (non-hydrogen) atoms. The van der Waals surface area contributed by atoms with Gasteiger partial charge in [0, 0.05) is 12.7 Å². The highest BCUT2D eigenvalue weighted by molar-refractivity contribution is 5.55. The molecule has 4 nitrogen and oxygen atoms in total. The van der Waals surface area contributed by atoms with Crippen molar-refractivity contribution in [1.82, 2.24) is 4.98 Å². The van der Waals surface area contributed by atoms with Gasteiger partial charge in [-0.15, -0.1) is 0 Å². The second-order valence-electron chi connectivity index (χ2n) is 2.93. The molecule has 0 aliphatic rings. The van der Waals surface area contributed by atoms with Gasteiger partial charge in [-0.05, 0) is 6.07 Å². The van der Waals surface area contributed by atoms with Crippen molar-refractivity contribution in [3.8, 4) is 6.07 Å². The maximum atomic E-state index is 11.7. The third-order valence-electron chi connectivity index (χ3n) is 1.75. The molecule has 0 aromatic carbocycles. The van der Waals surface area contributed by atoms with E-state index in [0.29, 0.717) is 17.8 Å². The Balaban J connectivity index is 2.30. The Hall–Kier alpha value is -1.74. The summed E-state index contributed by atoms with van der Waals surface area (Å²) in [5, 5.41) is 11.6. The number of pyridine rings is 1. The molecule has 0 radical (unpaired) electrons. The molecule has 0 atom stereocenters. The molecule has 0 amide bonds. The maximum Gasteiger partial charge on any atom is 0.261 e. The number of nitrogens with zero attached hydrogens (tertiary/aromatic N) is 2. The van der Waals surface area contributed by atoms with E-state index in [1.807, 2.05) is 6.07 Å². The minimum absolute atomic E-state index is 0.157. The van der Waals surface area contributed by atoms with Crippen LogP contribution in [0, 0.1) is 11.3 Å². The predicted octanol–water partition coefficient (Wildman–Crippen LogP) is 1.65. The van der Waals surface area contributed by atoms with Crippen molar-refractivity contribution in [3.05, 3.63) is 24.0 Å². The molecule has 1 heterocycles. The molecule has 6 heteroatoms. The molecule has 1 aromatic heterocycles. The van der Waals surface area contributed by atoms with Gasteiger partial charge in [0.1, 0.15) is 12.7 Å². The molecule has 0 saturated carbocycles. The normalized spacial score (nSPS) is 10.1. The lowest BCUT2D eigenvalue weighted by molar-refractivity contribution is 0.0215. The summed E-state index contributed by atoms with van der Waals surface area (Å²) in [6.07, 6.45) is 0.566. The molecular weight excluding hydrogens is 216 g/mol. The van der Waals surface area contributed by atoms with Crippen molar-refractivity contribution in [1.29, 1.82) is 5.26 Å². The van der Waals surface area contributed by atoms with Gasteiger partial charge in [0.2, 0.25) is 0 Å². The van der Waals surface area contributed by atoms with Crippen LogP contribution in [-0.4, -0.2) is 31.2 Å². The molecule has 86 valence electrons. The van der Waals surface area contributed by atoms with E-state index in [9.17, 15) is 8.78 Å². The number of nitriles is 1. The van der Waals surface area contributed by atoms with Gasteiger partial charge in [0.05, 0.1) is 24.1 Å². The SMILES string of the molecule is N#Cc1ccncc1NCCOCC(F)F. The zero-order valence-corrected chi connectivity index (χ0v) is 8.49. The summed E-state index contributed by atoms with van der Waals surface area (Å²) in [6.45, 7) is -0.0585. The van der Waals surface area contributed by atoms with Gasteiger partial charge in [0.25, 0.3) is 6.43 Å². The lowest BCUT2D eigenvalue weighted by atomic mass is 10.2. The average molecular weight is 227 g/mol. The highest BCUT2D eigenvalue weighted by atomic mass is 19.3. The monoisotopic (exact) mass is 227 g/mol. The van der Waals surface area contributed by atoms with Crippen LogP contribution in [0.2, 0.25) is 0 Å². The van der Waals surface area contributed by atoms with Crippen LogP contribution in [0.15, 0.2) is 18.5 Å². The molecule has 0 spiro atoms. The fourth-order valence-corrected chi connectivity index (χ4v) is 1.06. The largest absolute Gasteiger partial charge is 0.380 e. The van der Waals surface area contributed by atoms with Crippen LogP contribution in [-0.2, 0) is 4.74 Å². The van der Waals surface area contributed by atoms with E-state index in [-0.39, 0.29) is 6.61 Å². The molecule has 1 rings (SSSR count). The van der Waals surface area contributed by atoms with Crippen LogP contribution in [0.3, 0.4) is 0 Å². The molecule has 0 bridgehead atoms. The molecule has 0 saturated heterocycles. The third kappa shape index (κ3) is 4.19. The average Bonchev–Trinajstić information content (AvgIpc) is 2.29. The van der Waals surface area contributed by atoms with Crippen LogP contribution in [0.1, 0.15) is 5.56 Å². The first kappa shape index (κ1) is 12.3. The van der Waals surface area contributed by atoms with Gasteiger partial charge < -0.3 is 10.1 Å². The fraction of sp³-hybridized carbons (Fsp3) is 0.400. The second-order valence-corrected chi connectivity index (χ2v) is 2.93. The van der Waals surface area contributed by atoms with Crippen molar-refractivity contribution < 1.29 is 13.5 Å². The number of halogens is 2. The van der Waals surface area contributed by atoms with Crippen molar-refractivity contribution in [2.75, 3.05) is 25.1 Å². The van der Waals surface area contributed by atoms with Crippen LogP contribution >= 0.6 is 0 Å². The van der Waals surface area contributed by atoms with Crippen LogP contribution in [0.25, 0.3) is 0 Å². The van der Waals surface area contributed by atoms with Crippen LogP contribution < -0.4 is 5.32 Å². The Bertz CT molecular complexity index is 365. The zero-order valence-electron chi connectivity index (χ0n) is 8.49. The zero-order chi connectivity index (χ0) is 11.8.